The predicted molar refractivity (Wildman–Crippen MR) is 77.8 cm³/mol. The molecule has 0 aliphatic carbocycles. The van der Waals surface area contributed by atoms with Gasteiger partial charge in [0.1, 0.15) is 0 Å². The van der Waals surface area contributed by atoms with E-state index >= 15 is 0 Å². The Hall–Kier alpha value is -1.14. The first kappa shape index (κ1) is 16.2. The van der Waals surface area contributed by atoms with Gasteiger partial charge in [-0.1, -0.05) is 0 Å². The highest BCUT2D eigenvalue weighted by Crippen LogP contribution is 2.16. The van der Waals surface area contributed by atoms with Crippen LogP contribution in [0.3, 0.4) is 0 Å². The van der Waals surface area contributed by atoms with Crippen LogP contribution >= 0.6 is 0 Å². The molecule has 2 unspecified atom stereocenters. The number of hydrogen-bond donors (Lipinski definition) is 0. The molecule has 0 N–H and O–H groups in total. The average Bonchev–Trinajstić information content (AvgIpc) is 2.54. The first-order valence-electron chi connectivity index (χ1n) is 7.83. The molecular weight excluding hydrogens is 272 g/mol. The molecule has 2 heterocycles. The van der Waals surface area contributed by atoms with Gasteiger partial charge in [0.05, 0.1) is 32.3 Å². The zero-order chi connectivity index (χ0) is 15.2. The van der Waals surface area contributed by atoms with Crippen LogP contribution < -0.4 is 0 Å². The van der Waals surface area contributed by atoms with Crippen molar-refractivity contribution in [2.75, 3.05) is 39.9 Å². The van der Waals surface area contributed by atoms with Gasteiger partial charge in [0, 0.05) is 26.2 Å². The molecule has 0 aromatic heterocycles. The van der Waals surface area contributed by atoms with Crippen molar-refractivity contribution in [1.29, 1.82) is 0 Å². The Morgan fingerprint density at radius 1 is 1.24 bits per heavy atom. The minimum Gasteiger partial charge on any atom is -0.469 e. The van der Waals surface area contributed by atoms with Crippen molar-refractivity contribution in [2.24, 2.45) is 0 Å². The summed E-state index contributed by atoms with van der Waals surface area (Å²) in [4.78, 5) is 28.0. The summed E-state index contributed by atoms with van der Waals surface area (Å²) in [5, 5.41) is 0. The minimum atomic E-state index is -0.267. The molecule has 0 radical (unpaired) electrons. The number of esters is 1. The highest BCUT2D eigenvalue weighted by Gasteiger charge is 2.31. The number of rotatable bonds is 4. The Balaban J connectivity index is 1.87. The maximum Gasteiger partial charge on any atom is 0.308 e. The standard InChI is InChI=1S/C15H26N2O4/c1-12(15(19)16-6-4-3-5-7-16)17-8-9-21-13(11-17)10-14(18)20-2/h12-13H,3-11H2,1-2H3. The average molecular weight is 298 g/mol. The first-order valence-corrected chi connectivity index (χ1v) is 7.83. The monoisotopic (exact) mass is 298 g/mol. The molecule has 6 heteroatoms. The summed E-state index contributed by atoms with van der Waals surface area (Å²) in [6.45, 7) is 5.60. The summed E-state index contributed by atoms with van der Waals surface area (Å²) in [5.74, 6) is -0.0646. The second kappa shape index (κ2) is 7.75. The van der Waals surface area contributed by atoms with Crippen LogP contribution in [0.5, 0.6) is 0 Å². The third-order valence-electron chi connectivity index (χ3n) is 4.37. The molecule has 0 spiro atoms. The van der Waals surface area contributed by atoms with E-state index in [0.29, 0.717) is 13.2 Å². The van der Waals surface area contributed by atoms with Gasteiger partial charge in [-0.05, 0) is 26.2 Å². The number of carbonyl (C=O) groups excluding carboxylic acids is 2. The molecular formula is C15H26N2O4. The minimum absolute atomic E-state index is 0.146. The van der Waals surface area contributed by atoms with Crippen LogP contribution in [0.25, 0.3) is 0 Å². The van der Waals surface area contributed by atoms with Crippen LogP contribution in [0.1, 0.15) is 32.6 Å². The Morgan fingerprint density at radius 2 is 1.95 bits per heavy atom. The molecule has 0 aromatic rings. The van der Waals surface area contributed by atoms with Gasteiger partial charge in [-0.25, -0.2) is 0 Å². The maximum atomic E-state index is 12.5. The maximum absolute atomic E-state index is 12.5. The molecule has 0 aromatic carbocycles. The van der Waals surface area contributed by atoms with Crippen molar-refractivity contribution in [1.82, 2.24) is 9.80 Å². The van der Waals surface area contributed by atoms with E-state index in [1.807, 2.05) is 11.8 Å². The molecule has 2 fully saturated rings. The van der Waals surface area contributed by atoms with Crippen LogP contribution in [-0.2, 0) is 19.1 Å². The van der Waals surface area contributed by atoms with Crippen molar-refractivity contribution in [3.8, 4) is 0 Å². The van der Waals surface area contributed by atoms with Crippen molar-refractivity contribution < 1.29 is 19.1 Å². The molecule has 6 nitrogen and oxygen atoms in total. The fourth-order valence-corrected chi connectivity index (χ4v) is 3.02. The summed E-state index contributed by atoms with van der Waals surface area (Å²) < 4.78 is 10.3. The number of nitrogens with zero attached hydrogens (tertiary/aromatic N) is 2. The zero-order valence-electron chi connectivity index (χ0n) is 13.0. The molecule has 2 aliphatic heterocycles. The molecule has 2 atom stereocenters. The van der Waals surface area contributed by atoms with Gasteiger partial charge in [-0.3, -0.25) is 14.5 Å². The number of methoxy groups -OCH3 is 1. The van der Waals surface area contributed by atoms with E-state index in [1.165, 1.54) is 13.5 Å². The molecule has 0 bridgehead atoms. The summed E-state index contributed by atoms with van der Waals surface area (Å²) in [6, 6.07) is -0.146. The third-order valence-corrected chi connectivity index (χ3v) is 4.37. The lowest BCUT2D eigenvalue weighted by Crippen LogP contribution is -2.54. The molecule has 2 saturated heterocycles. The summed E-state index contributed by atoms with van der Waals surface area (Å²) in [7, 11) is 1.38. The summed E-state index contributed by atoms with van der Waals surface area (Å²) >= 11 is 0. The lowest BCUT2D eigenvalue weighted by atomic mass is 10.1. The van der Waals surface area contributed by atoms with E-state index < -0.39 is 0 Å². The number of piperidine rings is 1. The first-order chi connectivity index (χ1) is 10.1. The smallest absolute Gasteiger partial charge is 0.308 e. The zero-order valence-corrected chi connectivity index (χ0v) is 13.0. The quantitative estimate of drug-likeness (QED) is 0.713. The largest absolute Gasteiger partial charge is 0.469 e. The SMILES string of the molecule is COC(=O)CC1CN(C(C)C(=O)N2CCCCC2)CCO1. The van der Waals surface area contributed by atoms with Crippen LogP contribution in [0.2, 0.25) is 0 Å². The number of morpholine rings is 1. The Bertz CT molecular complexity index is 369. The number of likely N-dealkylation sites (tertiary alicyclic amines) is 1. The Kier molecular flexibility index (Phi) is 5.99. The van der Waals surface area contributed by atoms with Gasteiger partial charge in [0.25, 0.3) is 0 Å². The van der Waals surface area contributed by atoms with Gasteiger partial charge in [0.15, 0.2) is 0 Å². The highest BCUT2D eigenvalue weighted by molar-refractivity contribution is 5.81. The van der Waals surface area contributed by atoms with Crippen molar-refractivity contribution in [2.45, 2.75) is 44.8 Å². The predicted octanol–water partition coefficient (Wildman–Crippen LogP) is 0.651. The highest BCUT2D eigenvalue weighted by atomic mass is 16.5. The molecule has 2 aliphatic rings. The topological polar surface area (TPSA) is 59.1 Å². The van der Waals surface area contributed by atoms with Gasteiger partial charge in [-0.2, -0.15) is 0 Å². The third kappa shape index (κ3) is 4.41. The van der Waals surface area contributed by atoms with Crippen molar-refractivity contribution in [3.05, 3.63) is 0 Å². The summed E-state index contributed by atoms with van der Waals surface area (Å²) in [6.07, 6.45) is 3.50. The number of amides is 1. The van der Waals surface area contributed by atoms with E-state index in [9.17, 15) is 9.59 Å². The van der Waals surface area contributed by atoms with Crippen LogP contribution in [0, 0.1) is 0 Å². The van der Waals surface area contributed by atoms with E-state index in [1.54, 1.807) is 0 Å². The second-order valence-electron chi connectivity index (χ2n) is 5.83. The molecule has 0 saturated carbocycles. The Labute approximate surface area is 126 Å². The van der Waals surface area contributed by atoms with Crippen LogP contribution in [0.4, 0.5) is 0 Å². The van der Waals surface area contributed by atoms with Crippen molar-refractivity contribution in [3.63, 3.8) is 0 Å². The van der Waals surface area contributed by atoms with Crippen LogP contribution in [0.15, 0.2) is 0 Å². The van der Waals surface area contributed by atoms with Gasteiger partial charge >= 0.3 is 5.97 Å². The van der Waals surface area contributed by atoms with Crippen LogP contribution in [-0.4, -0.2) is 73.7 Å². The van der Waals surface area contributed by atoms with Gasteiger partial charge in [-0.15, -0.1) is 0 Å². The fourth-order valence-electron chi connectivity index (χ4n) is 3.02. The molecule has 2 rings (SSSR count). The number of hydrogen-bond acceptors (Lipinski definition) is 5. The fraction of sp³-hybridized carbons (Fsp3) is 0.867. The summed E-state index contributed by atoms with van der Waals surface area (Å²) in [5.41, 5.74) is 0. The normalized spacial score (nSPS) is 25.4. The van der Waals surface area contributed by atoms with Gasteiger partial charge in [0.2, 0.25) is 5.91 Å². The number of carbonyl (C=O) groups is 2. The van der Waals surface area contributed by atoms with E-state index in [-0.39, 0.29) is 30.4 Å². The molecule has 1 amide bonds. The number of ether oxygens (including phenoxy) is 2. The second-order valence-corrected chi connectivity index (χ2v) is 5.83. The van der Waals surface area contributed by atoms with E-state index in [2.05, 4.69) is 9.64 Å². The molecule has 120 valence electrons. The van der Waals surface area contributed by atoms with Crippen molar-refractivity contribution >= 4 is 11.9 Å². The van der Waals surface area contributed by atoms with Gasteiger partial charge < -0.3 is 14.4 Å². The lowest BCUT2D eigenvalue weighted by molar-refractivity contribution is -0.147. The Morgan fingerprint density at radius 3 is 2.62 bits per heavy atom. The van der Waals surface area contributed by atoms with E-state index in [4.69, 9.17) is 4.74 Å². The van der Waals surface area contributed by atoms with E-state index in [0.717, 1.165) is 32.5 Å². The lowest BCUT2D eigenvalue weighted by Gasteiger charge is -2.38. The molecule has 21 heavy (non-hydrogen) atoms.